The number of hydrogen-bond donors (Lipinski definition) is 2. The van der Waals surface area contributed by atoms with Gasteiger partial charge in [0.05, 0.1) is 12.2 Å². The zero-order chi connectivity index (χ0) is 16.6. The van der Waals surface area contributed by atoms with E-state index in [0.717, 1.165) is 51.4 Å². The molecule has 4 nitrogen and oxygen atoms in total. The Bertz CT molecular complexity index is 245. The first kappa shape index (κ1) is 21.4. The lowest BCUT2D eigenvalue weighted by molar-refractivity contribution is -0.132. The first-order valence-electron chi connectivity index (χ1n) is 8.60. The predicted octanol–water partition coefficient (Wildman–Crippen LogP) is 3.41. The first-order chi connectivity index (χ1) is 10.6. The number of rotatable bonds is 16. The molecule has 0 aliphatic carbocycles. The third-order valence-corrected chi connectivity index (χ3v) is 3.64. The third-order valence-electron chi connectivity index (χ3n) is 3.64. The number of carbonyl (C=O) groups excluding carboxylic acids is 1. The van der Waals surface area contributed by atoms with E-state index in [1.807, 2.05) is 0 Å². The average molecular weight is 313 g/mol. The summed E-state index contributed by atoms with van der Waals surface area (Å²) in [4.78, 5) is 10.5. The van der Waals surface area contributed by atoms with E-state index >= 15 is 0 Å². The monoisotopic (exact) mass is 313 g/mol. The highest BCUT2D eigenvalue weighted by Gasteiger charge is 2.14. The number of aliphatic hydroxyl groups excluding tert-OH is 2. The Balaban J connectivity index is 3.76. The number of ether oxygens (including phenoxy) is 1. The van der Waals surface area contributed by atoms with E-state index in [4.69, 9.17) is 4.74 Å². The highest BCUT2D eigenvalue weighted by atomic mass is 16.5. The van der Waals surface area contributed by atoms with Crippen molar-refractivity contribution in [2.45, 2.75) is 89.9 Å². The van der Waals surface area contributed by atoms with Crippen LogP contribution >= 0.6 is 0 Å². The highest BCUT2D eigenvalue weighted by molar-refractivity contribution is 5.38. The molecule has 0 unspecified atom stereocenters. The molecular formula is C18H33O4. The molecule has 0 aromatic heterocycles. The minimum Gasteiger partial charge on any atom is -0.464 e. The van der Waals surface area contributed by atoms with Gasteiger partial charge in [-0.3, -0.25) is 4.79 Å². The van der Waals surface area contributed by atoms with Gasteiger partial charge in [0.15, 0.2) is 0 Å². The van der Waals surface area contributed by atoms with Gasteiger partial charge >= 0.3 is 0 Å². The van der Waals surface area contributed by atoms with Crippen LogP contribution in [0, 0.1) is 19.3 Å². The molecule has 0 aliphatic rings. The van der Waals surface area contributed by atoms with Gasteiger partial charge in [0, 0.05) is 6.42 Å². The van der Waals surface area contributed by atoms with Crippen LogP contribution in [0.25, 0.3) is 0 Å². The van der Waals surface area contributed by atoms with Gasteiger partial charge in [-0.05, 0) is 38.5 Å². The molecule has 0 aromatic rings. The van der Waals surface area contributed by atoms with Crippen LogP contribution in [0.2, 0.25) is 0 Å². The standard InChI is InChI=1S/C18H33O4/c1-3-5-7-10-16(20)14-17(21)11-9-13-18(22-15-19)12-8-6-4-2/h9,11,13,15-18,20-21H,3-8,10,12,14H2,1-2H3/t16-,17+,18+/m0/s1. The summed E-state index contributed by atoms with van der Waals surface area (Å²) in [5.41, 5.74) is 0. The first-order valence-corrected chi connectivity index (χ1v) is 8.60. The van der Waals surface area contributed by atoms with Gasteiger partial charge in [0.1, 0.15) is 6.10 Å². The van der Waals surface area contributed by atoms with Crippen LogP contribution < -0.4 is 0 Å². The predicted molar refractivity (Wildman–Crippen MR) is 88.8 cm³/mol. The number of hydrogen-bond acceptors (Lipinski definition) is 4. The third kappa shape index (κ3) is 13.1. The van der Waals surface area contributed by atoms with Crippen LogP contribution in [0.5, 0.6) is 0 Å². The van der Waals surface area contributed by atoms with Gasteiger partial charge < -0.3 is 14.9 Å². The van der Waals surface area contributed by atoms with E-state index in [1.54, 1.807) is 19.3 Å². The summed E-state index contributed by atoms with van der Waals surface area (Å²) in [6.07, 6.45) is 12.2. The maximum atomic E-state index is 10.5. The molecule has 0 aliphatic heterocycles. The smallest absolute Gasteiger partial charge is 0.293 e. The van der Waals surface area contributed by atoms with E-state index in [2.05, 4.69) is 13.8 Å². The van der Waals surface area contributed by atoms with Gasteiger partial charge in [0.25, 0.3) is 6.47 Å². The van der Waals surface area contributed by atoms with E-state index in [-0.39, 0.29) is 6.10 Å². The summed E-state index contributed by atoms with van der Waals surface area (Å²) in [5.74, 6) is 0. The van der Waals surface area contributed by atoms with Crippen LogP contribution in [-0.4, -0.2) is 35.0 Å². The number of carbonyl (C=O) groups is 1. The molecule has 0 heterocycles. The fraction of sp³-hybridized carbons (Fsp3) is 0.778. The quantitative estimate of drug-likeness (QED) is 0.338. The molecule has 3 radical (unpaired) electrons. The summed E-state index contributed by atoms with van der Waals surface area (Å²) >= 11 is 0. The summed E-state index contributed by atoms with van der Waals surface area (Å²) in [5, 5.41) is 19.7. The average Bonchev–Trinajstić information content (AvgIpc) is 2.47. The van der Waals surface area contributed by atoms with Crippen molar-refractivity contribution in [1.82, 2.24) is 0 Å². The van der Waals surface area contributed by atoms with Crippen molar-refractivity contribution in [2.75, 3.05) is 0 Å². The fourth-order valence-electron chi connectivity index (χ4n) is 2.30. The zero-order valence-electron chi connectivity index (χ0n) is 14.1. The van der Waals surface area contributed by atoms with Crippen molar-refractivity contribution in [3.8, 4) is 0 Å². The topological polar surface area (TPSA) is 66.8 Å². The van der Waals surface area contributed by atoms with Gasteiger partial charge in [-0.1, -0.05) is 46.0 Å². The van der Waals surface area contributed by atoms with Crippen LogP contribution in [0.1, 0.15) is 71.6 Å². The second-order valence-electron chi connectivity index (χ2n) is 5.80. The van der Waals surface area contributed by atoms with Crippen molar-refractivity contribution in [3.05, 3.63) is 19.3 Å². The Hall–Kier alpha value is -0.610. The normalized spacial score (nSPS) is 15.3. The SMILES string of the molecule is CCCCC[C@H](O)C[C@H](O)[CH][CH][CH][C@@H](CCCCC)OC=O. The molecule has 0 amide bonds. The lowest BCUT2D eigenvalue weighted by atomic mass is 9.99. The zero-order valence-corrected chi connectivity index (χ0v) is 14.1. The second-order valence-corrected chi connectivity index (χ2v) is 5.80. The van der Waals surface area contributed by atoms with Crippen LogP contribution in [0.15, 0.2) is 0 Å². The summed E-state index contributed by atoms with van der Waals surface area (Å²) in [6, 6.07) is 0. The molecule has 3 atom stereocenters. The molecule has 22 heavy (non-hydrogen) atoms. The van der Waals surface area contributed by atoms with Crippen molar-refractivity contribution in [3.63, 3.8) is 0 Å². The Morgan fingerprint density at radius 2 is 1.59 bits per heavy atom. The van der Waals surface area contributed by atoms with Crippen LogP contribution in [-0.2, 0) is 9.53 Å². The Morgan fingerprint density at radius 1 is 0.955 bits per heavy atom. The van der Waals surface area contributed by atoms with Crippen molar-refractivity contribution < 1.29 is 19.7 Å². The minimum atomic E-state index is -0.666. The Morgan fingerprint density at radius 3 is 2.18 bits per heavy atom. The van der Waals surface area contributed by atoms with Gasteiger partial charge in [-0.2, -0.15) is 0 Å². The largest absolute Gasteiger partial charge is 0.464 e. The lowest BCUT2D eigenvalue weighted by Crippen LogP contribution is -2.20. The molecule has 0 fully saturated rings. The van der Waals surface area contributed by atoms with E-state index in [1.165, 1.54) is 0 Å². The number of aliphatic hydroxyl groups is 2. The molecule has 2 N–H and O–H groups in total. The molecule has 0 bridgehead atoms. The molecular weight excluding hydrogens is 280 g/mol. The van der Waals surface area contributed by atoms with E-state index in [9.17, 15) is 15.0 Å². The maximum Gasteiger partial charge on any atom is 0.293 e. The van der Waals surface area contributed by atoms with Gasteiger partial charge in [-0.15, -0.1) is 0 Å². The van der Waals surface area contributed by atoms with E-state index < -0.39 is 12.2 Å². The van der Waals surface area contributed by atoms with E-state index in [0.29, 0.717) is 12.9 Å². The van der Waals surface area contributed by atoms with Gasteiger partial charge in [0.2, 0.25) is 0 Å². The van der Waals surface area contributed by atoms with Crippen molar-refractivity contribution in [1.29, 1.82) is 0 Å². The molecule has 0 saturated heterocycles. The molecule has 0 aromatic carbocycles. The summed E-state index contributed by atoms with van der Waals surface area (Å²) in [6.45, 7) is 4.72. The molecule has 0 spiro atoms. The minimum absolute atomic E-state index is 0.234. The molecule has 0 rings (SSSR count). The highest BCUT2D eigenvalue weighted by Crippen LogP contribution is 2.14. The maximum absolute atomic E-state index is 10.5. The molecule has 0 saturated carbocycles. The molecule has 129 valence electrons. The number of unbranched alkanes of at least 4 members (excludes halogenated alkanes) is 4. The van der Waals surface area contributed by atoms with Crippen molar-refractivity contribution in [2.24, 2.45) is 0 Å². The van der Waals surface area contributed by atoms with Crippen LogP contribution in [0.4, 0.5) is 0 Å². The van der Waals surface area contributed by atoms with Crippen LogP contribution in [0.3, 0.4) is 0 Å². The molecule has 4 heteroatoms. The summed E-state index contributed by atoms with van der Waals surface area (Å²) < 4.78 is 5.00. The Labute approximate surface area is 136 Å². The second kappa shape index (κ2) is 15.3. The van der Waals surface area contributed by atoms with Crippen molar-refractivity contribution >= 4 is 6.47 Å². The Kier molecular flexibility index (Phi) is 14.9. The fourth-order valence-corrected chi connectivity index (χ4v) is 2.30. The summed E-state index contributed by atoms with van der Waals surface area (Å²) in [7, 11) is 0. The van der Waals surface area contributed by atoms with Gasteiger partial charge in [-0.25, -0.2) is 0 Å². The lowest BCUT2D eigenvalue weighted by Gasteiger charge is -2.17.